The van der Waals surface area contributed by atoms with Crippen molar-refractivity contribution in [3.8, 4) is 0 Å². The van der Waals surface area contributed by atoms with Crippen molar-refractivity contribution < 1.29 is 24.2 Å². The Labute approximate surface area is 233 Å². The Morgan fingerprint density at radius 1 is 1.24 bits per heavy atom. The summed E-state index contributed by atoms with van der Waals surface area (Å²) in [7, 11) is 0. The Hall–Kier alpha value is -1.80. The predicted molar refractivity (Wildman–Crippen MR) is 153 cm³/mol. The van der Waals surface area contributed by atoms with E-state index in [9.17, 15) is 19.5 Å². The lowest BCUT2D eigenvalue weighted by Crippen LogP contribution is -2.61. The molecule has 1 spiro atoms. The number of hydrogen-bond acceptors (Lipinski definition) is 6. The molecule has 2 unspecified atom stereocenters. The van der Waals surface area contributed by atoms with E-state index in [1.165, 1.54) is 6.08 Å². The molecule has 6 atom stereocenters. The number of rotatable bonds is 12. The Morgan fingerprint density at radius 2 is 1.89 bits per heavy atom. The van der Waals surface area contributed by atoms with E-state index < -0.39 is 40.2 Å². The molecule has 0 saturated carbocycles. The number of carbonyl (C=O) groups is 3. The number of fused-ring (bicyclic) bond motifs is 1. The van der Waals surface area contributed by atoms with Crippen molar-refractivity contribution in [2.75, 3.05) is 19.8 Å². The van der Waals surface area contributed by atoms with Crippen LogP contribution in [0, 0.1) is 23.2 Å². The molecule has 1 N–H and O–H groups in total. The molecule has 2 bridgehead atoms. The fraction of sp³-hybridized carbons (Fsp3) is 0.767. The molecule has 3 heterocycles. The van der Waals surface area contributed by atoms with Crippen LogP contribution in [-0.2, 0) is 19.1 Å². The highest BCUT2D eigenvalue weighted by atomic mass is 32.2. The van der Waals surface area contributed by atoms with Crippen LogP contribution in [0.1, 0.15) is 74.1 Å². The fourth-order valence-corrected chi connectivity index (χ4v) is 9.58. The summed E-state index contributed by atoms with van der Waals surface area (Å²) in [5.41, 5.74) is -0.523. The zero-order chi connectivity index (χ0) is 28.6. The van der Waals surface area contributed by atoms with Crippen LogP contribution in [0.4, 0.5) is 0 Å². The zero-order valence-electron chi connectivity index (χ0n) is 24.4. The number of amides is 2. The van der Waals surface area contributed by atoms with Crippen LogP contribution in [-0.4, -0.2) is 80.1 Å². The molecule has 214 valence electrons. The molecular formula is C30H48N2O5S. The second kappa shape index (κ2) is 11.4. The minimum atomic E-state index is -0.762. The normalized spacial score (nSPS) is 29.4. The number of nitrogens with zero attached hydrogens (tertiary/aromatic N) is 2. The number of aliphatic hydroxyl groups excluding tert-OH is 1. The first-order valence-electron chi connectivity index (χ1n) is 14.0. The molecule has 3 aliphatic heterocycles. The van der Waals surface area contributed by atoms with Gasteiger partial charge in [-0.15, -0.1) is 18.3 Å². The summed E-state index contributed by atoms with van der Waals surface area (Å²) in [6, 6.07) is -1.26. The summed E-state index contributed by atoms with van der Waals surface area (Å²) in [5, 5.41) is 10.4. The number of carbonyl (C=O) groups excluding carboxylic acids is 3. The largest absolute Gasteiger partial charge is 0.461 e. The topological polar surface area (TPSA) is 87.2 Å². The van der Waals surface area contributed by atoms with E-state index in [1.54, 1.807) is 22.7 Å². The molecule has 0 aromatic rings. The minimum absolute atomic E-state index is 0.0267. The zero-order valence-corrected chi connectivity index (χ0v) is 25.2. The molecule has 0 radical (unpaired) electrons. The quantitative estimate of drug-likeness (QED) is 0.287. The molecular weight excluding hydrogens is 500 g/mol. The van der Waals surface area contributed by atoms with Crippen LogP contribution in [0.5, 0.6) is 0 Å². The van der Waals surface area contributed by atoms with Crippen LogP contribution >= 0.6 is 11.8 Å². The highest BCUT2D eigenvalue weighted by Crippen LogP contribution is 2.67. The number of ether oxygens (including phenoxy) is 1. The van der Waals surface area contributed by atoms with Gasteiger partial charge in [-0.2, -0.15) is 0 Å². The monoisotopic (exact) mass is 548 g/mol. The van der Waals surface area contributed by atoms with Crippen LogP contribution in [0.25, 0.3) is 0 Å². The highest BCUT2D eigenvalue weighted by Gasteiger charge is 2.75. The Kier molecular flexibility index (Phi) is 9.19. The van der Waals surface area contributed by atoms with Crippen molar-refractivity contribution in [2.24, 2.45) is 23.2 Å². The van der Waals surface area contributed by atoms with Gasteiger partial charge in [0, 0.05) is 17.3 Å². The molecule has 7 nitrogen and oxygen atoms in total. The van der Waals surface area contributed by atoms with Crippen molar-refractivity contribution in [1.29, 1.82) is 0 Å². The van der Waals surface area contributed by atoms with Gasteiger partial charge in [-0.3, -0.25) is 14.4 Å². The third-order valence-electron chi connectivity index (χ3n) is 8.21. The van der Waals surface area contributed by atoms with E-state index in [0.29, 0.717) is 19.4 Å². The Bertz CT molecular complexity index is 941. The summed E-state index contributed by atoms with van der Waals surface area (Å²) >= 11 is 1.63. The average Bonchev–Trinajstić information content (AvgIpc) is 3.44. The predicted octanol–water partition coefficient (Wildman–Crippen LogP) is 4.44. The van der Waals surface area contributed by atoms with Crippen LogP contribution < -0.4 is 0 Å². The molecule has 8 heteroatoms. The summed E-state index contributed by atoms with van der Waals surface area (Å²) in [6.07, 6.45) is 6.03. The molecule has 0 aromatic heterocycles. The lowest BCUT2D eigenvalue weighted by Gasteiger charge is -2.46. The SMILES string of the molecule is C=CCOC(=O)[C@@H]1[C@@H]2CCC3(S2)C(C(=O)N(CC=C)C(C)(C)CC(C)(C)C)N([C@@H](CO)CC(C)C)C(=O)[C@H]13. The van der Waals surface area contributed by atoms with Crippen LogP contribution in [0.3, 0.4) is 0 Å². The lowest BCUT2D eigenvalue weighted by atomic mass is 9.71. The van der Waals surface area contributed by atoms with Gasteiger partial charge in [-0.25, -0.2) is 0 Å². The Morgan fingerprint density at radius 3 is 2.42 bits per heavy atom. The highest BCUT2D eigenvalue weighted by molar-refractivity contribution is 8.02. The molecule has 3 aliphatic rings. The molecule has 0 aliphatic carbocycles. The van der Waals surface area contributed by atoms with E-state index in [-0.39, 0.29) is 41.6 Å². The van der Waals surface area contributed by atoms with Gasteiger partial charge < -0.3 is 19.6 Å². The maximum Gasteiger partial charge on any atom is 0.311 e. The molecule has 0 aromatic carbocycles. The van der Waals surface area contributed by atoms with Gasteiger partial charge in [0.05, 0.1) is 29.2 Å². The van der Waals surface area contributed by atoms with Crippen molar-refractivity contribution >= 4 is 29.5 Å². The molecule has 3 rings (SSSR count). The maximum absolute atomic E-state index is 14.8. The number of likely N-dealkylation sites (tertiary alicyclic amines) is 1. The molecule has 38 heavy (non-hydrogen) atoms. The van der Waals surface area contributed by atoms with Crippen molar-refractivity contribution in [3.05, 3.63) is 25.3 Å². The fourth-order valence-electron chi connectivity index (χ4n) is 7.39. The van der Waals surface area contributed by atoms with Gasteiger partial charge in [-0.1, -0.05) is 53.3 Å². The maximum atomic E-state index is 14.8. The molecule has 2 amide bonds. The molecule has 3 fully saturated rings. The van der Waals surface area contributed by atoms with Gasteiger partial charge in [0.15, 0.2) is 0 Å². The summed E-state index contributed by atoms with van der Waals surface area (Å²) < 4.78 is 4.74. The third-order valence-corrected chi connectivity index (χ3v) is 10.2. The van der Waals surface area contributed by atoms with E-state index in [1.807, 2.05) is 18.7 Å². The lowest BCUT2D eigenvalue weighted by molar-refractivity contribution is -0.153. The average molecular weight is 549 g/mol. The van der Waals surface area contributed by atoms with Gasteiger partial charge in [-0.05, 0) is 50.9 Å². The summed E-state index contributed by atoms with van der Waals surface area (Å²) in [5.74, 6) is -1.75. The van der Waals surface area contributed by atoms with E-state index in [4.69, 9.17) is 4.74 Å². The Balaban J connectivity index is 2.13. The van der Waals surface area contributed by atoms with Crippen molar-refractivity contribution in [3.63, 3.8) is 0 Å². The number of aliphatic hydroxyl groups is 1. The number of thioether (sulfide) groups is 1. The first kappa shape index (κ1) is 30.7. The first-order chi connectivity index (χ1) is 17.6. The van der Waals surface area contributed by atoms with Crippen LogP contribution in [0.2, 0.25) is 0 Å². The van der Waals surface area contributed by atoms with Gasteiger partial charge in [0.1, 0.15) is 12.6 Å². The van der Waals surface area contributed by atoms with Crippen molar-refractivity contribution in [2.45, 2.75) is 102 Å². The summed E-state index contributed by atoms with van der Waals surface area (Å²) in [4.78, 5) is 45.8. The van der Waals surface area contributed by atoms with E-state index in [2.05, 4.69) is 47.8 Å². The standard InChI is InChI=1S/C30H48N2O5S/c1-10-14-31(29(8,9)18-28(5,6)7)26(35)24-30-13-12-21(38-30)22(27(36)37-15-11-2)23(30)25(34)32(24)20(17-33)16-19(3)4/h10-11,19-24,33H,1-2,12-18H2,3-9H3/t20-,21+,22-,23+,24?,30?/m1/s1. The van der Waals surface area contributed by atoms with Crippen molar-refractivity contribution in [1.82, 2.24) is 9.80 Å². The second-order valence-corrected chi connectivity index (χ2v) is 15.1. The number of esters is 1. The van der Waals surface area contributed by atoms with Gasteiger partial charge >= 0.3 is 5.97 Å². The van der Waals surface area contributed by atoms with Gasteiger partial charge in [0.25, 0.3) is 0 Å². The molecule has 3 saturated heterocycles. The minimum Gasteiger partial charge on any atom is -0.461 e. The first-order valence-corrected chi connectivity index (χ1v) is 14.8. The second-order valence-electron chi connectivity index (χ2n) is 13.5. The smallest absolute Gasteiger partial charge is 0.311 e. The van der Waals surface area contributed by atoms with Crippen LogP contribution in [0.15, 0.2) is 25.3 Å². The summed E-state index contributed by atoms with van der Waals surface area (Å²) in [6.45, 7) is 22.5. The van der Waals surface area contributed by atoms with E-state index >= 15 is 0 Å². The van der Waals surface area contributed by atoms with Gasteiger partial charge in [0.2, 0.25) is 11.8 Å². The van der Waals surface area contributed by atoms with E-state index in [0.717, 1.165) is 12.8 Å². The third kappa shape index (κ3) is 5.58. The number of hydrogen-bond donors (Lipinski definition) is 1.